The van der Waals surface area contributed by atoms with Crippen molar-refractivity contribution < 1.29 is 9.18 Å². The van der Waals surface area contributed by atoms with E-state index in [9.17, 15) is 9.18 Å². The Hall–Kier alpha value is -1.91. The van der Waals surface area contributed by atoms with Crippen LogP contribution < -0.4 is 10.6 Å². The van der Waals surface area contributed by atoms with E-state index in [1.54, 1.807) is 24.3 Å². The van der Waals surface area contributed by atoms with E-state index in [2.05, 4.69) is 10.6 Å². The molecule has 3 nitrogen and oxygen atoms in total. The number of halogens is 2. The maximum atomic E-state index is 13.8. The number of hydrogen-bond donors (Lipinski definition) is 2. The first kappa shape index (κ1) is 18.5. The molecule has 0 aromatic heterocycles. The molecule has 0 radical (unpaired) electrons. The molecular weight excluding hydrogens is 363 g/mol. The van der Waals surface area contributed by atoms with Gasteiger partial charge in [0.25, 0.3) is 0 Å². The lowest BCUT2D eigenvalue weighted by Gasteiger charge is -2.39. The van der Waals surface area contributed by atoms with Gasteiger partial charge in [0.1, 0.15) is 5.82 Å². The Morgan fingerprint density at radius 2 is 1.89 bits per heavy atom. The van der Waals surface area contributed by atoms with Crippen LogP contribution in [0, 0.1) is 11.7 Å². The Morgan fingerprint density at radius 3 is 2.63 bits per heavy atom. The zero-order valence-corrected chi connectivity index (χ0v) is 15.9. The molecule has 2 fully saturated rings. The monoisotopic (exact) mass is 386 g/mol. The number of carbonyl (C=O) groups is 1. The molecule has 2 atom stereocenters. The second-order valence-electron chi connectivity index (χ2n) is 7.74. The average Bonchev–Trinajstić information content (AvgIpc) is 3.01. The van der Waals surface area contributed by atoms with Crippen LogP contribution in [-0.4, -0.2) is 18.0 Å². The van der Waals surface area contributed by atoms with Gasteiger partial charge in [-0.2, -0.15) is 0 Å². The zero-order valence-electron chi connectivity index (χ0n) is 15.2. The number of benzene rings is 2. The van der Waals surface area contributed by atoms with Gasteiger partial charge >= 0.3 is 0 Å². The second-order valence-corrected chi connectivity index (χ2v) is 8.17. The lowest BCUT2D eigenvalue weighted by molar-refractivity contribution is -0.122. The fraction of sp³-hybridized carbons (Fsp3) is 0.409. The van der Waals surface area contributed by atoms with Crippen molar-refractivity contribution in [2.75, 3.05) is 11.9 Å². The van der Waals surface area contributed by atoms with Crippen LogP contribution >= 0.6 is 11.6 Å². The molecular formula is C22H24ClFN2O. The Bertz CT molecular complexity index is 835. The Labute approximate surface area is 164 Å². The molecule has 0 bridgehead atoms. The summed E-state index contributed by atoms with van der Waals surface area (Å²) >= 11 is 6.07. The van der Waals surface area contributed by atoms with Gasteiger partial charge < -0.3 is 10.6 Å². The molecule has 2 aromatic rings. The largest absolute Gasteiger partial charge is 0.326 e. The van der Waals surface area contributed by atoms with E-state index in [0.717, 1.165) is 31.2 Å². The van der Waals surface area contributed by atoms with E-state index in [1.165, 1.54) is 12.5 Å². The molecule has 142 valence electrons. The fourth-order valence-electron chi connectivity index (χ4n) is 4.86. The fourth-order valence-corrected chi connectivity index (χ4v) is 5.05. The molecule has 1 heterocycles. The standard InChI is InChI=1S/C22H24ClFN2O/c23-16-7-5-9-18(13-16)26-21(27)20-19(15-6-4-8-17(24)12-15)14-25-22(20)10-2-1-3-11-22/h4-9,12-13,19-20,25H,1-3,10-11,14H2,(H,26,27). The number of amides is 1. The summed E-state index contributed by atoms with van der Waals surface area (Å²) < 4.78 is 13.8. The summed E-state index contributed by atoms with van der Waals surface area (Å²) in [7, 11) is 0. The van der Waals surface area contributed by atoms with Crippen molar-refractivity contribution >= 4 is 23.2 Å². The van der Waals surface area contributed by atoms with Crippen LogP contribution in [0.2, 0.25) is 5.02 Å². The summed E-state index contributed by atoms with van der Waals surface area (Å²) in [6.45, 7) is 0.692. The van der Waals surface area contributed by atoms with Crippen LogP contribution in [0.5, 0.6) is 0 Å². The highest BCUT2D eigenvalue weighted by Crippen LogP contribution is 2.46. The second kappa shape index (κ2) is 7.61. The zero-order chi connectivity index (χ0) is 18.9. The highest BCUT2D eigenvalue weighted by Gasteiger charge is 2.52. The summed E-state index contributed by atoms with van der Waals surface area (Å²) in [6.07, 6.45) is 5.39. The first-order chi connectivity index (χ1) is 13.1. The van der Waals surface area contributed by atoms with Crippen molar-refractivity contribution in [3.05, 3.63) is 64.9 Å². The van der Waals surface area contributed by atoms with E-state index in [-0.39, 0.29) is 29.1 Å². The van der Waals surface area contributed by atoms with Gasteiger partial charge in [-0.15, -0.1) is 0 Å². The Balaban J connectivity index is 1.66. The molecule has 2 aliphatic rings. The molecule has 2 aromatic carbocycles. The third-order valence-electron chi connectivity index (χ3n) is 6.07. The maximum Gasteiger partial charge on any atom is 0.230 e. The van der Waals surface area contributed by atoms with Gasteiger partial charge in [-0.3, -0.25) is 4.79 Å². The van der Waals surface area contributed by atoms with E-state index >= 15 is 0 Å². The maximum absolute atomic E-state index is 13.8. The molecule has 1 saturated carbocycles. The number of rotatable bonds is 3. The average molecular weight is 387 g/mol. The van der Waals surface area contributed by atoms with Gasteiger partial charge in [0.2, 0.25) is 5.91 Å². The molecule has 1 saturated heterocycles. The van der Waals surface area contributed by atoms with Crippen molar-refractivity contribution in [1.29, 1.82) is 0 Å². The minimum atomic E-state index is -0.258. The lowest BCUT2D eigenvalue weighted by atomic mass is 9.69. The topological polar surface area (TPSA) is 41.1 Å². The highest BCUT2D eigenvalue weighted by atomic mass is 35.5. The minimum absolute atomic E-state index is 0.0153. The van der Waals surface area contributed by atoms with Crippen LogP contribution in [0.15, 0.2) is 48.5 Å². The van der Waals surface area contributed by atoms with Crippen molar-refractivity contribution in [3.63, 3.8) is 0 Å². The summed E-state index contributed by atoms with van der Waals surface area (Å²) in [5.74, 6) is -0.555. The summed E-state index contributed by atoms with van der Waals surface area (Å²) in [5.41, 5.74) is 1.37. The van der Waals surface area contributed by atoms with Gasteiger partial charge in [-0.05, 0) is 48.7 Å². The van der Waals surface area contributed by atoms with Gasteiger partial charge in [-0.1, -0.05) is 49.1 Å². The van der Waals surface area contributed by atoms with E-state index < -0.39 is 0 Å². The van der Waals surface area contributed by atoms with Crippen LogP contribution in [-0.2, 0) is 4.79 Å². The van der Waals surface area contributed by atoms with E-state index in [1.807, 2.05) is 18.2 Å². The van der Waals surface area contributed by atoms with E-state index in [0.29, 0.717) is 17.3 Å². The van der Waals surface area contributed by atoms with E-state index in [4.69, 9.17) is 11.6 Å². The summed E-state index contributed by atoms with van der Waals surface area (Å²) in [4.78, 5) is 13.4. The minimum Gasteiger partial charge on any atom is -0.326 e. The van der Waals surface area contributed by atoms with Crippen LogP contribution in [0.4, 0.5) is 10.1 Å². The third kappa shape index (κ3) is 3.74. The number of nitrogens with one attached hydrogen (secondary N) is 2. The molecule has 1 spiro atoms. The molecule has 2 N–H and O–H groups in total. The lowest BCUT2D eigenvalue weighted by Crippen LogP contribution is -2.50. The van der Waals surface area contributed by atoms with Gasteiger partial charge in [0.15, 0.2) is 0 Å². The molecule has 4 rings (SSSR count). The quantitative estimate of drug-likeness (QED) is 0.768. The molecule has 5 heteroatoms. The number of anilines is 1. The van der Waals surface area contributed by atoms with Crippen LogP contribution in [0.3, 0.4) is 0 Å². The molecule has 1 amide bonds. The predicted molar refractivity (Wildman–Crippen MR) is 107 cm³/mol. The molecule has 1 aliphatic carbocycles. The number of carbonyl (C=O) groups excluding carboxylic acids is 1. The van der Waals surface area contributed by atoms with Gasteiger partial charge in [-0.25, -0.2) is 4.39 Å². The van der Waals surface area contributed by atoms with Crippen molar-refractivity contribution in [2.45, 2.75) is 43.6 Å². The van der Waals surface area contributed by atoms with Crippen molar-refractivity contribution in [1.82, 2.24) is 5.32 Å². The summed E-state index contributed by atoms with van der Waals surface area (Å²) in [5, 5.41) is 7.30. The first-order valence-corrected chi connectivity index (χ1v) is 10.0. The highest BCUT2D eigenvalue weighted by molar-refractivity contribution is 6.30. The van der Waals surface area contributed by atoms with Gasteiger partial charge in [0, 0.05) is 28.7 Å². The normalized spacial score (nSPS) is 24.1. The first-order valence-electron chi connectivity index (χ1n) is 9.64. The SMILES string of the molecule is O=C(Nc1cccc(Cl)c1)C1C(c2cccc(F)c2)CNC12CCCCC2. The Kier molecular flexibility index (Phi) is 5.20. The molecule has 1 aliphatic heterocycles. The van der Waals surface area contributed by atoms with Crippen LogP contribution in [0.25, 0.3) is 0 Å². The van der Waals surface area contributed by atoms with Crippen molar-refractivity contribution in [2.24, 2.45) is 5.92 Å². The Morgan fingerprint density at radius 1 is 1.11 bits per heavy atom. The third-order valence-corrected chi connectivity index (χ3v) is 6.30. The van der Waals surface area contributed by atoms with Gasteiger partial charge in [0.05, 0.1) is 5.92 Å². The molecule has 2 unspecified atom stereocenters. The number of hydrogen-bond acceptors (Lipinski definition) is 2. The summed E-state index contributed by atoms with van der Waals surface area (Å²) in [6, 6.07) is 13.9. The van der Waals surface area contributed by atoms with Crippen molar-refractivity contribution in [3.8, 4) is 0 Å². The smallest absolute Gasteiger partial charge is 0.230 e. The molecule has 27 heavy (non-hydrogen) atoms. The van der Waals surface area contributed by atoms with Crippen LogP contribution in [0.1, 0.15) is 43.6 Å². The predicted octanol–water partition coefficient (Wildman–Crippen LogP) is 5.12.